The second-order valence-electron chi connectivity index (χ2n) is 4.44. The van der Waals surface area contributed by atoms with Crippen molar-refractivity contribution < 1.29 is 0 Å². The Bertz CT molecular complexity index is 548. The van der Waals surface area contributed by atoms with E-state index in [1.165, 1.54) is 0 Å². The van der Waals surface area contributed by atoms with Crippen molar-refractivity contribution in [1.82, 2.24) is 0 Å². The van der Waals surface area contributed by atoms with Crippen LogP contribution in [0.15, 0.2) is 0 Å². The molecule has 1 fully saturated rings. The van der Waals surface area contributed by atoms with Crippen molar-refractivity contribution in [2.24, 2.45) is 16.2 Å². The maximum Gasteiger partial charge on any atom is 0.206 e. The summed E-state index contributed by atoms with van der Waals surface area (Å²) in [5.41, 5.74) is -6.18. The van der Waals surface area contributed by atoms with E-state index in [0.29, 0.717) is 12.8 Å². The van der Waals surface area contributed by atoms with Gasteiger partial charge in [-0.1, -0.05) is 12.8 Å². The van der Waals surface area contributed by atoms with Gasteiger partial charge in [-0.25, -0.2) is 0 Å². The van der Waals surface area contributed by atoms with Crippen LogP contribution in [0.25, 0.3) is 0 Å². The van der Waals surface area contributed by atoms with Crippen LogP contribution in [0.5, 0.6) is 0 Å². The topological polar surface area (TPSA) is 143 Å². The zero-order chi connectivity index (χ0) is 14.6. The molecule has 0 amide bonds. The maximum atomic E-state index is 9.39. The molecule has 0 N–H and O–H groups in total. The Hall–Kier alpha value is -3.06. The maximum absolute atomic E-state index is 9.39. The van der Waals surface area contributed by atoms with Gasteiger partial charge in [0.05, 0.1) is 36.4 Å². The van der Waals surface area contributed by atoms with Crippen molar-refractivity contribution >= 4 is 0 Å². The molecule has 0 aromatic carbocycles. The third-order valence-corrected chi connectivity index (χ3v) is 3.73. The summed E-state index contributed by atoms with van der Waals surface area (Å²) < 4.78 is 0. The Balaban J connectivity index is 3.84. The highest BCUT2D eigenvalue weighted by Crippen LogP contribution is 2.57. The largest absolute Gasteiger partial charge is 0.206 e. The third kappa shape index (κ3) is 1.42. The molecule has 0 aromatic heterocycles. The van der Waals surface area contributed by atoms with Crippen LogP contribution < -0.4 is 0 Å². The van der Waals surface area contributed by atoms with Crippen molar-refractivity contribution in [3.63, 3.8) is 0 Å². The highest BCUT2D eigenvalue weighted by atomic mass is 14.7. The first-order valence-electron chi connectivity index (χ1n) is 5.55. The summed E-state index contributed by atoms with van der Waals surface area (Å²) in [6.07, 6.45) is 0.840. The van der Waals surface area contributed by atoms with E-state index < -0.39 is 16.2 Å². The molecule has 0 aliphatic heterocycles. The molecule has 90 valence electrons. The number of hydrogen-bond donors (Lipinski definition) is 0. The fraction of sp³-hybridized carbons (Fsp3) is 0.538. The summed E-state index contributed by atoms with van der Waals surface area (Å²) in [5.74, 6) is 0. The molecular weight excluding hydrogens is 240 g/mol. The zero-order valence-corrected chi connectivity index (χ0v) is 10.0. The normalized spacial score (nSPS) is 21.8. The molecular formula is C13H8N6. The fourth-order valence-corrected chi connectivity index (χ4v) is 2.54. The van der Waals surface area contributed by atoms with Crippen molar-refractivity contribution in [2.75, 3.05) is 0 Å². The number of nitriles is 6. The van der Waals surface area contributed by atoms with Gasteiger partial charge in [-0.05, 0) is 12.8 Å². The molecule has 0 spiro atoms. The molecule has 6 heteroatoms. The van der Waals surface area contributed by atoms with Gasteiger partial charge in [-0.2, -0.15) is 31.6 Å². The standard InChI is InChI=1S/C13H8N6/c14-5-11(6-15)3-1-2-4-12(7-16,8-17)13(11,9-18)10-19/h1-4H2. The summed E-state index contributed by atoms with van der Waals surface area (Å²) >= 11 is 0. The first-order valence-corrected chi connectivity index (χ1v) is 5.55. The summed E-state index contributed by atoms with van der Waals surface area (Å²) in [7, 11) is 0. The Kier molecular flexibility index (Phi) is 3.44. The molecule has 1 aliphatic rings. The highest BCUT2D eigenvalue weighted by molar-refractivity contribution is 5.45. The molecule has 0 saturated heterocycles. The Morgan fingerprint density at radius 3 is 1.05 bits per heavy atom. The van der Waals surface area contributed by atoms with E-state index in [1.54, 1.807) is 36.4 Å². The lowest BCUT2D eigenvalue weighted by Crippen LogP contribution is -2.49. The molecule has 0 aromatic rings. The van der Waals surface area contributed by atoms with Gasteiger partial charge in [-0.15, -0.1) is 0 Å². The van der Waals surface area contributed by atoms with Gasteiger partial charge < -0.3 is 0 Å². The Labute approximate surface area is 110 Å². The molecule has 19 heavy (non-hydrogen) atoms. The van der Waals surface area contributed by atoms with Crippen LogP contribution in [0.3, 0.4) is 0 Å². The minimum Gasteiger partial charge on any atom is -0.196 e. The van der Waals surface area contributed by atoms with Crippen LogP contribution in [-0.4, -0.2) is 0 Å². The van der Waals surface area contributed by atoms with E-state index in [1.807, 2.05) is 0 Å². The molecule has 0 heterocycles. The molecule has 0 bridgehead atoms. The van der Waals surface area contributed by atoms with Crippen LogP contribution in [0.1, 0.15) is 25.7 Å². The van der Waals surface area contributed by atoms with Crippen LogP contribution in [0, 0.1) is 84.2 Å². The van der Waals surface area contributed by atoms with Gasteiger partial charge in [0.1, 0.15) is 0 Å². The molecule has 0 atom stereocenters. The lowest BCUT2D eigenvalue weighted by atomic mass is 9.52. The average Bonchev–Trinajstić information content (AvgIpc) is 2.61. The van der Waals surface area contributed by atoms with Crippen molar-refractivity contribution in [2.45, 2.75) is 25.7 Å². The Morgan fingerprint density at radius 2 is 0.842 bits per heavy atom. The van der Waals surface area contributed by atoms with E-state index in [2.05, 4.69) is 0 Å². The lowest BCUT2D eigenvalue weighted by molar-refractivity contribution is 0.180. The second kappa shape index (κ2) is 4.67. The molecule has 1 saturated carbocycles. The third-order valence-electron chi connectivity index (χ3n) is 3.73. The minimum absolute atomic E-state index is 0.00618. The summed E-state index contributed by atoms with van der Waals surface area (Å²) in [6.45, 7) is 0. The van der Waals surface area contributed by atoms with Crippen LogP contribution in [0.2, 0.25) is 0 Å². The number of hydrogen-bond acceptors (Lipinski definition) is 6. The average molecular weight is 248 g/mol. The van der Waals surface area contributed by atoms with E-state index in [4.69, 9.17) is 0 Å². The van der Waals surface area contributed by atoms with Crippen molar-refractivity contribution in [1.29, 1.82) is 31.6 Å². The SMILES string of the molecule is N#CC1(C#N)CCCCC(C#N)(C#N)C1(C#N)C#N. The van der Waals surface area contributed by atoms with Gasteiger partial charge in [0.25, 0.3) is 0 Å². The van der Waals surface area contributed by atoms with Crippen molar-refractivity contribution in [3.05, 3.63) is 0 Å². The predicted molar refractivity (Wildman–Crippen MR) is 59.4 cm³/mol. The fourth-order valence-electron chi connectivity index (χ4n) is 2.54. The first kappa shape index (κ1) is 14.0. The van der Waals surface area contributed by atoms with Gasteiger partial charge in [0, 0.05) is 0 Å². The molecule has 1 rings (SSSR count). The molecule has 0 radical (unpaired) electrons. The van der Waals surface area contributed by atoms with Crippen LogP contribution in [-0.2, 0) is 0 Å². The minimum atomic E-state index is -2.26. The highest BCUT2D eigenvalue weighted by Gasteiger charge is 2.68. The quantitative estimate of drug-likeness (QED) is 0.596. The first-order chi connectivity index (χ1) is 9.07. The van der Waals surface area contributed by atoms with Crippen molar-refractivity contribution in [3.8, 4) is 36.4 Å². The van der Waals surface area contributed by atoms with Gasteiger partial charge in [0.2, 0.25) is 5.41 Å². The Morgan fingerprint density at radius 1 is 0.526 bits per heavy atom. The summed E-state index contributed by atoms with van der Waals surface area (Å²) in [6, 6.07) is 10.1. The van der Waals surface area contributed by atoms with Crippen LogP contribution >= 0.6 is 0 Å². The van der Waals surface area contributed by atoms with E-state index in [9.17, 15) is 31.6 Å². The van der Waals surface area contributed by atoms with Gasteiger partial charge >= 0.3 is 0 Å². The monoisotopic (exact) mass is 248 g/mol. The zero-order valence-electron chi connectivity index (χ0n) is 10.0. The van der Waals surface area contributed by atoms with Gasteiger partial charge in [-0.3, -0.25) is 0 Å². The molecule has 6 nitrogen and oxygen atoms in total. The van der Waals surface area contributed by atoms with E-state index >= 15 is 0 Å². The number of rotatable bonds is 0. The van der Waals surface area contributed by atoms with Crippen LogP contribution in [0.4, 0.5) is 0 Å². The van der Waals surface area contributed by atoms with Gasteiger partial charge in [0.15, 0.2) is 10.8 Å². The summed E-state index contributed by atoms with van der Waals surface area (Å²) in [4.78, 5) is 0. The van der Waals surface area contributed by atoms with E-state index in [-0.39, 0.29) is 12.8 Å². The molecule has 0 unspecified atom stereocenters. The number of nitrogens with zero attached hydrogens (tertiary/aromatic N) is 6. The lowest BCUT2D eigenvalue weighted by Gasteiger charge is -2.36. The molecule has 1 aliphatic carbocycles. The second-order valence-corrected chi connectivity index (χ2v) is 4.44. The smallest absolute Gasteiger partial charge is 0.196 e. The summed E-state index contributed by atoms with van der Waals surface area (Å²) in [5, 5.41) is 55.9. The predicted octanol–water partition coefficient (Wildman–Crippen LogP) is 1.66. The van der Waals surface area contributed by atoms with E-state index in [0.717, 1.165) is 0 Å².